The Balaban J connectivity index is 1.52. The molecule has 0 bridgehead atoms. The van der Waals surface area contributed by atoms with Gasteiger partial charge in [0.25, 0.3) is 0 Å². The number of aromatic hydroxyl groups is 4. The van der Waals surface area contributed by atoms with E-state index in [0.29, 0.717) is 11.1 Å². The highest BCUT2D eigenvalue weighted by Gasteiger charge is 2.52. The van der Waals surface area contributed by atoms with Crippen molar-refractivity contribution >= 4 is 12.0 Å². The van der Waals surface area contributed by atoms with Gasteiger partial charge in [0.05, 0.1) is 19.3 Å². The number of benzene rings is 2. The minimum Gasteiger partial charge on any atom is -0.504 e. The largest absolute Gasteiger partial charge is 0.504 e. The maximum atomic E-state index is 12.8. The summed E-state index contributed by atoms with van der Waals surface area (Å²) in [4.78, 5) is 12.8. The molecule has 15 heteroatoms. The number of carbonyl (C=O) groups is 1. The van der Waals surface area contributed by atoms with Gasteiger partial charge in [-0.2, -0.15) is 0 Å². The number of ether oxygens (including phenoxy) is 5. The Morgan fingerprint density at radius 3 is 2.16 bits per heavy atom. The first kappa shape index (κ1) is 33.4. The predicted molar refractivity (Wildman–Crippen MR) is 147 cm³/mol. The van der Waals surface area contributed by atoms with Crippen LogP contribution in [0.1, 0.15) is 18.1 Å². The molecule has 9 N–H and O–H groups in total. The van der Waals surface area contributed by atoms with Crippen LogP contribution < -0.4 is 0 Å². The van der Waals surface area contributed by atoms with Crippen LogP contribution in [0.15, 0.2) is 42.5 Å². The zero-order chi connectivity index (χ0) is 32.1. The molecule has 242 valence electrons. The molecule has 2 saturated heterocycles. The van der Waals surface area contributed by atoms with E-state index in [0.717, 1.165) is 6.08 Å². The SMILES string of the molecule is C[C@@H]1O[C@@H](O[C@@H]2[C@@H](O)[C@H](OCCc3ccc(O)c(O)c3)O[C@H](CO)[C@H]2OC(=O)/C=C/c2ccc(O)c(O)c2)[C@@H](O)[C@H](O)[C@H]1O. The lowest BCUT2D eigenvalue weighted by atomic mass is 9.97. The second-order valence-electron chi connectivity index (χ2n) is 10.4. The highest BCUT2D eigenvalue weighted by molar-refractivity contribution is 5.87. The van der Waals surface area contributed by atoms with Gasteiger partial charge in [-0.05, 0) is 54.8 Å². The normalized spacial score (nSPS) is 32.5. The van der Waals surface area contributed by atoms with Gasteiger partial charge < -0.3 is 69.6 Å². The summed E-state index contributed by atoms with van der Waals surface area (Å²) < 4.78 is 28.2. The Kier molecular flexibility index (Phi) is 11.0. The monoisotopic (exact) mass is 624 g/mol. The maximum Gasteiger partial charge on any atom is 0.331 e. The van der Waals surface area contributed by atoms with Crippen LogP contribution in [-0.2, 0) is 34.9 Å². The first-order valence-electron chi connectivity index (χ1n) is 13.7. The number of phenols is 4. The minimum atomic E-state index is -1.77. The molecule has 0 amide bonds. The molecular formula is C29H36O15. The number of aliphatic hydroxyl groups excluding tert-OH is 5. The molecule has 10 atom stereocenters. The van der Waals surface area contributed by atoms with Gasteiger partial charge in [0.1, 0.15) is 36.6 Å². The molecule has 0 aromatic heterocycles. The fourth-order valence-corrected chi connectivity index (χ4v) is 4.76. The minimum absolute atomic E-state index is 0.0754. The molecule has 2 fully saturated rings. The molecule has 2 heterocycles. The van der Waals surface area contributed by atoms with E-state index < -0.39 is 79.7 Å². The Bertz CT molecular complexity index is 1300. The van der Waals surface area contributed by atoms with Crippen molar-refractivity contribution in [3.05, 3.63) is 53.6 Å². The van der Waals surface area contributed by atoms with Crippen molar-refractivity contribution in [2.75, 3.05) is 13.2 Å². The average Bonchev–Trinajstić information content (AvgIpc) is 2.99. The fourth-order valence-electron chi connectivity index (χ4n) is 4.76. The summed E-state index contributed by atoms with van der Waals surface area (Å²) >= 11 is 0. The Labute approximate surface area is 251 Å². The molecule has 0 spiro atoms. The highest BCUT2D eigenvalue weighted by Crippen LogP contribution is 2.32. The first-order valence-corrected chi connectivity index (χ1v) is 13.7. The zero-order valence-corrected chi connectivity index (χ0v) is 23.5. The van der Waals surface area contributed by atoms with Crippen LogP contribution in [0.2, 0.25) is 0 Å². The van der Waals surface area contributed by atoms with E-state index in [1.807, 2.05) is 0 Å². The number of rotatable bonds is 10. The van der Waals surface area contributed by atoms with Crippen LogP contribution >= 0.6 is 0 Å². The molecule has 44 heavy (non-hydrogen) atoms. The summed E-state index contributed by atoms with van der Waals surface area (Å²) in [5.74, 6) is -2.40. The molecule has 2 aliphatic heterocycles. The lowest BCUT2D eigenvalue weighted by Crippen LogP contribution is -2.65. The second-order valence-corrected chi connectivity index (χ2v) is 10.4. The standard InChI is InChI=1S/C29H36O15/c1-13-22(36)23(37)24(38)29(41-13)44-27-25(39)28(40-9-8-15-3-6-17(32)19(34)11-15)42-20(12-30)26(27)43-21(35)7-4-14-2-5-16(31)18(33)10-14/h2-7,10-11,13,20,22-34,36-39H,8-9,12H2,1H3/b7-4+/t13-,20+,22-,23+,24-,25+,26+,27+,28+,29-/m0/s1. The fraction of sp³-hybridized carbons (Fsp3) is 0.483. The summed E-state index contributed by atoms with van der Waals surface area (Å²) in [7, 11) is 0. The molecule has 15 nitrogen and oxygen atoms in total. The van der Waals surface area contributed by atoms with Gasteiger partial charge in [0, 0.05) is 6.08 Å². The second kappa shape index (κ2) is 14.5. The Morgan fingerprint density at radius 2 is 1.50 bits per heavy atom. The molecule has 2 aromatic carbocycles. The van der Waals surface area contributed by atoms with Gasteiger partial charge in [-0.15, -0.1) is 0 Å². The van der Waals surface area contributed by atoms with E-state index in [-0.39, 0.29) is 30.3 Å². The van der Waals surface area contributed by atoms with Crippen molar-refractivity contribution in [1.82, 2.24) is 0 Å². The van der Waals surface area contributed by atoms with Gasteiger partial charge in [0.15, 0.2) is 41.7 Å². The summed E-state index contributed by atoms with van der Waals surface area (Å²) in [6.07, 6.45) is -12.6. The third-order valence-corrected chi connectivity index (χ3v) is 7.27. The lowest BCUT2D eigenvalue weighted by Gasteiger charge is -2.46. The van der Waals surface area contributed by atoms with Crippen LogP contribution in [0, 0.1) is 0 Å². The Morgan fingerprint density at radius 1 is 0.818 bits per heavy atom. The number of aliphatic hydroxyl groups is 5. The topological polar surface area (TPSA) is 245 Å². The van der Waals surface area contributed by atoms with Crippen LogP contribution in [0.4, 0.5) is 0 Å². The van der Waals surface area contributed by atoms with E-state index in [9.17, 15) is 50.8 Å². The number of hydrogen-bond donors (Lipinski definition) is 9. The molecule has 0 saturated carbocycles. The van der Waals surface area contributed by atoms with Crippen molar-refractivity contribution in [3.8, 4) is 23.0 Å². The summed E-state index contributed by atoms with van der Waals surface area (Å²) in [6, 6.07) is 7.98. The quantitative estimate of drug-likeness (QED) is 0.0873. The third-order valence-electron chi connectivity index (χ3n) is 7.27. The number of carbonyl (C=O) groups excluding carboxylic acids is 1. The van der Waals surface area contributed by atoms with Crippen LogP contribution in [0.25, 0.3) is 6.08 Å². The molecule has 0 radical (unpaired) electrons. The van der Waals surface area contributed by atoms with Crippen LogP contribution in [0.3, 0.4) is 0 Å². The van der Waals surface area contributed by atoms with Gasteiger partial charge in [-0.3, -0.25) is 0 Å². The maximum absolute atomic E-state index is 12.8. The number of hydrogen-bond acceptors (Lipinski definition) is 15. The van der Waals surface area contributed by atoms with Gasteiger partial charge >= 0.3 is 5.97 Å². The molecule has 4 rings (SSSR count). The molecule has 0 unspecified atom stereocenters. The van der Waals surface area contributed by atoms with E-state index in [4.69, 9.17) is 23.7 Å². The van der Waals surface area contributed by atoms with Gasteiger partial charge in [0.2, 0.25) is 0 Å². The summed E-state index contributed by atoms with van der Waals surface area (Å²) in [5, 5.41) is 90.5. The molecule has 0 aliphatic carbocycles. The molecular weight excluding hydrogens is 588 g/mol. The van der Waals surface area contributed by atoms with Crippen molar-refractivity contribution in [2.45, 2.75) is 74.8 Å². The predicted octanol–water partition coefficient (Wildman–Crippen LogP) is -1.02. The van der Waals surface area contributed by atoms with E-state index in [1.54, 1.807) is 6.07 Å². The molecule has 2 aliphatic rings. The summed E-state index contributed by atoms with van der Waals surface area (Å²) in [6.45, 7) is 0.606. The number of phenolic OH excluding ortho intramolecular Hbond substituents is 4. The van der Waals surface area contributed by atoms with E-state index >= 15 is 0 Å². The van der Waals surface area contributed by atoms with Crippen molar-refractivity contribution in [3.63, 3.8) is 0 Å². The van der Waals surface area contributed by atoms with E-state index in [2.05, 4.69) is 0 Å². The molecule has 2 aromatic rings. The highest BCUT2D eigenvalue weighted by atomic mass is 16.7. The van der Waals surface area contributed by atoms with Crippen molar-refractivity contribution < 1.29 is 74.4 Å². The first-order chi connectivity index (χ1) is 20.9. The van der Waals surface area contributed by atoms with Crippen molar-refractivity contribution in [1.29, 1.82) is 0 Å². The average molecular weight is 625 g/mol. The van der Waals surface area contributed by atoms with Gasteiger partial charge in [-0.1, -0.05) is 12.1 Å². The van der Waals surface area contributed by atoms with Crippen LogP contribution in [0.5, 0.6) is 23.0 Å². The van der Waals surface area contributed by atoms with Crippen LogP contribution in [-0.4, -0.2) is 127 Å². The third kappa shape index (κ3) is 7.76. The number of esters is 1. The Hall–Kier alpha value is -3.51. The van der Waals surface area contributed by atoms with Gasteiger partial charge in [-0.25, -0.2) is 4.79 Å². The smallest absolute Gasteiger partial charge is 0.331 e. The lowest BCUT2D eigenvalue weighted by molar-refractivity contribution is -0.357. The zero-order valence-electron chi connectivity index (χ0n) is 23.5. The summed E-state index contributed by atoms with van der Waals surface area (Å²) in [5.41, 5.74) is 0.914. The van der Waals surface area contributed by atoms with Crippen molar-refractivity contribution in [2.24, 2.45) is 0 Å². The van der Waals surface area contributed by atoms with E-state index in [1.165, 1.54) is 43.3 Å².